The molecule has 1 aliphatic rings. The maximum Gasteiger partial charge on any atom is 0.340 e. The lowest BCUT2D eigenvalue weighted by Gasteiger charge is -2.29. The molecular formula is C16H21N3O5. The van der Waals surface area contributed by atoms with Gasteiger partial charge in [0.15, 0.2) is 6.61 Å². The fraction of sp³-hybridized carbons (Fsp3) is 0.500. The van der Waals surface area contributed by atoms with Gasteiger partial charge >= 0.3 is 5.97 Å². The summed E-state index contributed by atoms with van der Waals surface area (Å²) in [6.45, 7) is 1.69. The Bertz CT molecular complexity index is 647. The van der Waals surface area contributed by atoms with Crippen LogP contribution in [0, 0.1) is 16.0 Å². The number of carbonyl (C=O) groups is 2. The number of rotatable bonds is 5. The number of hydrogen-bond acceptors (Lipinski definition) is 6. The van der Waals surface area contributed by atoms with Crippen molar-refractivity contribution in [3.8, 4) is 0 Å². The molecule has 0 saturated heterocycles. The zero-order valence-corrected chi connectivity index (χ0v) is 13.5. The van der Waals surface area contributed by atoms with Crippen LogP contribution in [0.3, 0.4) is 0 Å². The summed E-state index contributed by atoms with van der Waals surface area (Å²) in [4.78, 5) is 33.9. The van der Waals surface area contributed by atoms with Crippen LogP contribution in [0.4, 0.5) is 11.4 Å². The number of nitrogens with one attached hydrogen (secondary N) is 1. The van der Waals surface area contributed by atoms with E-state index in [1.54, 1.807) is 0 Å². The van der Waals surface area contributed by atoms with Crippen LogP contribution in [0.2, 0.25) is 0 Å². The Morgan fingerprint density at radius 1 is 1.38 bits per heavy atom. The minimum atomic E-state index is -0.783. The van der Waals surface area contributed by atoms with Gasteiger partial charge in [0.05, 0.1) is 16.2 Å². The highest BCUT2D eigenvalue weighted by Crippen LogP contribution is 2.24. The number of ether oxygens (including phenoxy) is 1. The van der Waals surface area contributed by atoms with Crippen molar-refractivity contribution in [2.45, 2.75) is 38.6 Å². The van der Waals surface area contributed by atoms with Gasteiger partial charge in [0.25, 0.3) is 11.6 Å². The highest BCUT2D eigenvalue weighted by Gasteiger charge is 2.23. The van der Waals surface area contributed by atoms with Crippen molar-refractivity contribution in [2.75, 3.05) is 12.3 Å². The van der Waals surface area contributed by atoms with Gasteiger partial charge in [0.1, 0.15) is 0 Å². The Labute approximate surface area is 139 Å². The van der Waals surface area contributed by atoms with Gasteiger partial charge < -0.3 is 15.8 Å². The molecule has 1 fully saturated rings. The number of amides is 1. The molecule has 130 valence electrons. The van der Waals surface area contributed by atoms with Crippen LogP contribution in [-0.2, 0) is 9.53 Å². The van der Waals surface area contributed by atoms with E-state index in [9.17, 15) is 19.7 Å². The molecule has 0 bridgehead atoms. The van der Waals surface area contributed by atoms with E-state index in [2.05, 4.69) is 12.2 Å². The lowest BCUT2D eigenvalue weighted by atomic mass is 9.86. The van der Waals surface area contributed by atoms with Crippen molar-refractivity contribution in [3.63, 3.8) is 0 Å². The Balaban J connectivity index is 1.88. The third kappa shape index (κ3) is 4.43. The SMILES string of the molecule is CC1CCCCC1NC(=O)COC(=O)c1ccc([N+](=O)[O-])cc1N. The Kier molecular flexibility index (Phi) is 5.73. The summed E-state index contributed by atoms with van der Waals surface area (Å²) < 4.78 is 4.95. The molecule has 8 nitrogen and oxygen atoms in total. The van der Waals surface area contributed by atoms with Crippen LogP contribution >= 0.6 is 0 Å². The quantitative estimate of drug-likeness (QED) is 0.367. The van der Waals surface area contributed by atoms with Crippen molar-refractivity contribution < 1.29 is 19.2 Å². The molecule has 2 unspecified atom stereocenters. The van der Waals surface area contributed by atoms with Crippen molar-refractivity contribution in [1.82, 2.24) is 5.32 Å². The second kappa shape index (κ2) is 7.76. The van der Waals surface area contributed by atoms with Crippen molar-refractivity contribution >= 4 is 23.3 Å². The summed E-state index contributed by atoms with van der Waals surface area (Å²) in [5.41, 5.74) is 5.35. The molecule has 2 rings (SSSR count). The molecule has 1 saturated carbocycles. The number of carbonyl (C=O) groups excluding carboxylic acids is 2. The topological polar surface area (TPSA) is 125 Å². The Hall–Kier alpha value is -2.64. The van der Waals surface area contributed by atoms with Gasteiger partial charge in [-0.2, -0.15) is 0 Å². The standard InChI is InChI=1S/C16H21N3O5/c1-10-4-2-3-5-14(10)18-15(20)9-24-16(21)12-7-6-11(19(22)23)8-13(12)17/h6-8,10,14H,2-5,9,17H2,1H3,(H,18,20). The minimum absolute atomic E-state index is 0.000524. The van der Waals surface area contributed by atoms with Crippen LogP contribution in [0.1, 0.15) is 43.0 Å². The third-order valence-electron chi connectivity index (χ3n) is 4.26. The summed E-state index contributed by atoms with van der Waals surface area (Å²) in [5, 5.41) is 13.5. The van der Waals surface area contributed by atoms with Gasteiger partial charge in [0.2, 0.25) is 0 Å². The largest absolute Gasteiger partial charge is 0.452 e. The summed E-state index contributed by atoms with van der Waals surface area (Å²) in [7, 11) is 0. The second-order valence-corrected chi connectivity index (χ2v) is 6.04. The molecule has 1 amide bonds. The average Bonchev–Trinajstić information content (AvgIpc) is 2.54. The molecule has 0 aromatic heterocycles. The lowest BCUT2D eigenvalue weighted by Crippen LogP contribution is -2.42. The maximum absolute atomic E-state index is 12.0. The van der Waals surface area contributed by atoms with Crippen LogP contribution in [0.15, 0.2) is 18.2 Å². The van der Waals surface area contributed by atoms with E-state index in [0.717, 1.165) is 31.4 Å². The highest BCUT2D eigenvalue weighted by molar-refractivity contribution is 5.96. The van der Waals surface area contributed by atoms with Crippen molar-refractivity contribution in [2.24, 2.45) is 5.92 Å². The van der Waals surface area contributed by atoms with E-state index >= 15 is 0 Å². The Morgan fingerprint density at radius 2 is 2.08 bits per heavy atom. The van der Waals surface area contributed by atoms with E-state index in [1.165, 1.54) is 12.5 Å². The number of benzene rings is 1. The van der Waals surface area contributed by atoms with Crippen molar-refractivity contribution in [3.05, 3.63) is 33.9 Å². The molecule has 0 radical (unpaired) electrons. The Morgan fingerprint density at radius 3 is 2.71 bits per heavy atom. The lowest BCUT2D eigenvalue weighted by molar-refractivity contribution is -0.384. The number of nitro groups is 1. The molecule has 3 N–H and O–H groups in total. The van der Waals surface area contributed by atoms with Gasteiger partial charge in [-0.25, -0.2) is 4.79 Å². The van der Waals surface area contributed by atoms with Gasteiger partial charge in [-0.05, 0) is 24.8 Å². The number of esters is 1. The first-order chi connectivity index (χ1) is 11.4. The first kappa shape index (κ1) is 17.7. The van der Waals surface area contributed by atoms with E-state index < -0.39 is 17.5 Å². The molecule has 24 heavy (non-hydrogen) atoms. The molecule has 1 aliphatic carbocycles. The fourth-order valence-electron chi connectivity index (χ4n) is 2.84. The van der Waals surface area contributed by atoms with E-state index in [4.69, 9.17) is 10.5 Å². The first-order valence-electron chi connectivity index (χ1n) is 7.89. The zero-order chi connectivity index (χ0) is 17.7. The number of nitro benzene ring substituents is 1. The smallest absolute Gasteiger partial charge is 0.340 e. The van der Waals surface area contributed by atoms with Crippen LogP contribution in [0.25, 0.3) is 0 Å². The van der Waals surface area contributed by atoms with Gasteiger partial charge in [-0.1, -0.05) is 19.8 Å². The third-order valence-corrected chi connectivity index (χ3v) is 4.26. The molecule has 1 aromatic rings. The van der Waals surface area contributed by atoms with Gasteiger partial charge in [-0.3, -0.25) is 14.9 Å². The number of non-ortho nitro benzene ring substituents is 1. The zero-order valence-electron chi connectivity index (χ0n) is 13.5. The molecule has 1 aromatic carbocycles. The maximum atomic E-state index is 12.0. The summed E-state index contributed by atoms with van der Waals surface area (Å²) in [6, 6.07) is 3.57. The predicted octanol–water partition coefficient (Wildman–Crippen LogP) is 2.03. The monoisotopic (exact) mass is 335 g/mol. The summed E-state index contributed by atoms with van der Waals surface area (Å²) in [6.07, 6.45) is 4.25. The number of anilines is 1. The van der Waals surface area contributed by atoms with E-state index in [0.29, 0.717) is 5.92 Å². The molecular weight excluding hydrogens is 314 g/mol. The fourth-order valence-corrected chi connectivity index (χ4v) is 2.84. The molecule has 8 heteroatoms. The molecule has 2 atom stereocenters. The van der Waals surface area contributed by atoms with Gasteiger partial charge in [0, 0.05) is 18.2 Å². The number of hydrogen-bond donors (Lipinski definition) is 2. The summed E-state index contributed by atoms with van der Waals surface area (Å²) in [5.74, 6) is -0.736. The number of nitrogen functional groups attached to an aromatic ring is 1. The van der Waals surface area contributed by atoms with E-state index in [1.807, 2.05) is 0 Å². The van der Waals surface area contributed by atoms with E-state index in [-0.39, 0.29) is 28.9 Å². The minimum Gasteiger partial charge on any atom is -0.452 e. The normalized spacial score (nSPS) is 20.2. The van der Waals surface area contributed by atoms with Gasteiger partial charge in [-0.15, -0.1) is 0 Å². The summed E-state index contributed by atoms with van der Waals surface area (Å²) >= 11 is 0. The van der Waals surface area contributed by atoms with Crippen LogP contribution in [-0.4, -0.2) is 29.4 Å². The first-order valence-corrected chi connectivity index (χ1v) is 7.89. The van der Waals surface area contributed by atoms with Crippen LogP contribution < -0.4 is 11.1 Å². The highest BCUT2D eigenvalue weighted by atomic mass is 16.6. The number of nitrogens with two attached hydrogens (primary N) is 1. The molecule has 0 spiro atoms. The second-order valence-electron chi connectivity index (χ2n) is 6.04. The van der Waals surface area contributed by atoms with Crippen LogP contribution in [0.5, 0.6) is 0 Å². The van der Waals surface area contributed by atoms with Crippen molar-refractivity contribution in [1.29, 1.82) is 0 Å². The number of nitrogens with zero attached hydrogens (tertiary/aromatic N) is 1. The molecule has 0 aliphatic heterocycles. The molecule has 0 heterocycles. The average molecular weight is 335 g/mol. The predicted molar refractivity (Wildman–Crippen MR) is 87.4 cm³/mol.